The molecule has 24 heteroatoms. The van der Waals surface area contributed by atoms with Gasteiger partial charge in [0.2, 0.25) is 5.88 Å². The number of ether oxygens (including phenoxy) is 1. The molecular formula is C34H32F9N9O6. The van der Waals surface area contributed by atoms with Crippen LogP contribution in [-0.4, -0.2) is 106 Å². The highest BCUT2D eigenvalue weighted by atomic mass is 19.4. The molecular weight excluding hydrogens is 801 g/mol. The molecule has 1 amide bonds. The summed E-state index contributed by atoms with van der Waals surface area (Å²) in [6, 6.07) is 6.60. The highest BCUT2D eigenvalue weighted by Crippen LogP contribution is 2.39. The van der Waals surface area contributed by atoms with E-state index in [1.165, 1.54) is 12.4 Å². The van der Waals surface area contributed by atoms with E-state index in [-0.39, 0.29) is 29.6 Å². The van der Waals surface area contributed by atoms with Crippen molar-refractivity contribution in [3.63, 3.8) is 0 Å². The van der Waals surface area contributed by atoms with Gasteiger partial charge in [-0.2, -0.15) is 49.9 Å². The molecule has 0 atom stereocenters. The first-order valence-corrected chi connectivity index (χ1v) is 17.2. The van der Waals surface area contributed by atoms with E-state index in [0.29, 0.717) is 32.4 Å². The lowest BCUT2D eigenvalue weighted by molar-refractivity contribution is -0.193. The topological polar surface area (TPSA) is 212 Å². The monoisotopic (exact) mass is 833 g/mol. The maximum Gasteiger partial charge on any atom is 0.490 e. The van der Waals surface area contributed by atoms with Crippen LogP contribution in [0.4, 0.5) is 39.5 Å². The van der Waals surface area contributed by atoms with Crippen molar-refractivity contribution in [2.24, 2.45) is 0 Å². The zero-order valence-corrected chi connectivity index (χ0v) is 29.7. The van der Waals surface area contributed by atoms with Crippen molar-refractivity contribution in [1.82, 2.24) is 39.9 Å². The van der Waals surface area contributed by atoms with E-state index >= 15 is 0 Å². The van der Waals surface area contributed by atoms with Gasteiger partial charge in [0.25, 0.3) is 5.91 Å². The largest absolute Gasteiger partial charge is 0.490 e. The SMILES string of the molecule is N#CCC1(n2cc(-c3ncnc4[nH]ccc34)cn2)CN(C2CCC(Oc3cc(C(=O)NC4CC4)cc(C(F)(F)F)n3)CC2)C1.O=C(O)C(F)(F)F.O=C(O)C(F)(F)F. The predicted octanol–water partition coefficient (Wildman–Crippen LogP) is 5.71. The van der Waals surface area contributed by atoms with Gasteiger partial charge in [-0.1, -0.05) is 0 Å². The number of hydrogen-bond acceptors (Lipinski definition) is 10. The first kappa shape index (κ1) is 43.1. The van der Waals surface area contributed by atoms with Crippen LogP contribution in [0.25, 0.3) is 22.3 Å². The molecule has 5 heterocycles. The summed E-state index contributed by atoms with van der Waals surface area (Å²) in [6.45, 7) is 1.33. The van der Waals surface area contributed by atoms with Crippen molar-refractivity contribution >= 4 is 28.9 Å². The molecule has 4 aromatic heterocycles. The number of nitrogens with zero attached hydrogens (tertiary/aromatic N) is 7. The van der Waals surface area contributed by atoms with Gasteiger partial charge in [-0.15, -0.1) is 0 Å². The Kier molecular flexibility index (Phi) is 12.5. The smallest absolute Gasteiger partial charge is 0.475 e. The van der Waals surface area contributed by atoms with Gasteiger partial charge >= 0.3 is 30.5 Å². The van der Waals surface area contributed by atoms with Crippen molar-refractivity contribution in [3.05, 3.63) is 54.4 Å². The minimum absolute atomic E-state index is 0.0161. The lowest BCUT2D eigenvalue weighted by Gasteiger charge is -2.53. The molecule has 0 bridgehead atoms. The van der Waals surface area contributed by atoms with Crippen LogP contribution in [0, 0.1) is 11.3 Å². The first-order valence-electron chi connectivity index (χ1n) is 17.2. The number of hydrogen-bond donors (Lipinski definition) is 4. The second-order valence-electron chi connectivity index (χ2n) is 13.6. The third kappa shape index (κ3) is 10.7. The number of nitriles is 1. The maximum absolute atomic E-state index is 13.5. The number of carbonyl (C=O) groups excluding carboxylic acids is 1. The van der Waals surface area contributed by atoms with Gasteiger partial charge in [0.05, 0.1) is 24.4 Å². The Morgan fingerprint density at radius 2 is 1.57 bits per heavy atom. The number of nitrogens with one attached hydrogen (secondary N) is 2. The number of aromatic amines is 1. The van der Waals surface area contributed by atoms with Gasteiger partial charge in [0, 0.05) is 60.1 Å². The molecule has 312 valence electrons. The lowest BCUT2D eigenvalue weighted by atomic mass is 9.82. The Labute approximate surface area is 320 Å². The number of carboxylic acid groups (broad SMARTS) is 2. The van der Waals surface area contributed by atoms with Crippen LogP contribution in [0.3, 0.4) is 0 Å². The van der Waals surface area contributed by atoms with Gasteiger partial charge in [-0.05, 0) is 50.7 Å². The molecule has 7 rings (SSSR count). The fraction of sp³-hybridized carbons (Fsp3) is 0.471. The Morgan fingerprint density at radius 3 is 2.12 bits per heavy atom. The lowest BCUT2D eigenvalue weighted by Crippen LogP contribution is -2.65. The number of pyridine rings is 1. The predicted molar refractivity (Wildman–Crippen MR) is 179 cm³/mol. The zero-order valence-electron chi connectivity index (χ0n) is 29.7. The number of aliphatic carboxylic acids is 2. The van der Waals surface area contributed by atoms with Crippen molar-refractivity contribution in [2.45, 2.75) is 87.2 Å². The molecule has 2 saturated carbocycles. The third-order valence-corrected chi connectivity index (χ3v) is 9.30. The van der Waals surface area contributed by atoms with Gasteiger partial charge in [-0.3, -0.25) is 14.4 Å². The van der Waals surface area contributed by atoms with Gasteiger partial charge in [0.1, 0.15) is 29.3 Å². The Hall–Kier alpha value is -5.99. The number of alkyl halides is 9. The summed E-state index contributed by atoms with van der Waals surface area (Å²) >= 11 is 0. The zero-order chi connectivity index (χ0) is 42.6. The normalized spacial score (nSPS) is 19.3. The fourth-order valence-electron chi connectivity index (χ4n) is 6.30. The summed E-state index contributed by atoms with van der Waals surface area (Å²) in [5.74, 6) is -6.25. The second-order valence-corrected chi connectivity index (χ2v) is 13.6. The molecule has 3 aliphatic rings. The summed E-state index contributed by atoms with van der Waals surface area (Å²) in [6.07, 6.45) is -3.32. The summed E-state index contributed by atoms with van der Waals surface area (Å²) in [7, 11) is 0. The molecule has 0 spiro atoms. The minimum atomic E-state index is -5.08. The van der Waals surface area contributed by atoms with Crippen molar-refractivity contribution in [2.75, 3.05) is 13.1 Å². The average Bonchev–Trinajstić information content (AvgIpc) is 3.57. The molecule has 1 aliphatic heterocycles. The molecule has 1 saturated heterocycles. The summed E-state index contributed by atoms with van der Waals surface area (Å²) in [5.41, 5.74) is 0.669. The van der Waals surface area contributed by atoms with E-state index in [0.717, 1.165) is 54.0 Å². The molecule has 58 heavy (non-hydrogen) atoms. The molecule has 3 fully saturated rings. The van der Waals surface area contributed by atoms with E-state index in [1.807, 2.05) is 23.1 Å². The highest BCUT2D eigenvalue weighted by molar-refractivity contribution is 5.95. The van der Waals surface area contributed by atoms with E-state index in [4.69, 9.17) is 24.5 Å². The molecule has 0 unspecified atom stereocenters. The van der Waals surface area contributed by atoms with Crippen LogP contribution in [0.2, 0.25) is 0 Å². The van der Waals surface area contributed by atoms with Crippen molar-refractivity contribution in [1.29, 1.82) is 5.26 Å². The fourth-order valence-corrected chi connectivity index (χ4v) is 6.30. The van der Waals surface area contributed by atoms with Gasteiger partial charge in [0.15, 0.2) is 0 Å². The van der Waals surface area contributed by atoms with E-state index in [9.17, 15) is 49.6 Å². The van der Waals surface area contributed by atoms with Gasteiger partial charge in [-0.25, -0.2) is 24.5 Å². The number of likely N-dealkylation sites (tertiary alicyclic amines) is 1. The number of aromatic nitrogens is 6. The van der Waals surface area contributed by atoms with Crippen LogP contribution in [0.15, 0.2) is 43.1 Å². The Morgan fingerprint density at radius 1 is 0.948 bits per heavy atom. The maximum atomic E-state index is 13.5. The van der Waals surface area contributed by atoms with Crippen molar-refractivity contribution < 1.29 is 68.8 Å². The number of amides is 1. The quantitative estimate of drug-likeness (QED) is 0.157. The van der Waals surface area contributed by atoms with E-state index in [2.05, 4.69) is 41.3 Å². The Bertz CT molecular complexity index is 2120. The number of carbonyl (C=O) groups is 3. The van der Waals surface area contributed by atoms with E-state index < -0.39 is 47.6 Å². The van der Waals surface area contributed by atoms with Crippen LogP contribution < -0.4 is 10.1 Å². The standard InChI is InChI=1S/C30H30F3N9O2.2C2HF3O2/c31-30(32,33)24-11-18(28(43)39-20-1-2-20)12-25(40-24)44-22-5-3-21(4-6-22)41-15-29(16-41,8-9-34)42-14-19(13-38-42)26-23-7-10-35-27(23)37-17-36-26;2*3-2(4,5)1(6)7/h7,10-14,17,20-22H,1-6,8,15-16H2,(H,39,43)(H,35,36,37);2*(H,6,7). The number of fused-ring (bicyclic) bond motifs is 1. The number of H-pyrrole nitrogens is 1. The molecule has 4 aromatic rings. The molecule has 0 radical (unpaired) electrons. The average molecular weight is 834 g/mol. The van der Waals surface area contributed by atoms with Gasteiger partial charge < -0.3 is 25.3 Å². The summed E-state index contributed by atoms with van der Waals surface area (Å²) in [5, 5.41) is 32.2. The minimum Gasteiger partial charge on any atom is -0.475 e. The van der Waals surface area contributed by atoms with Crippen molar-refractivity contribution in [3.8, 4) is 23.2 Å². The summed E-state index contributed by atoms with van der Waals surface area (Å²) < 4.78 is 112. The number of halogens is 9. The van der Waals surface area contributed by atoms with Crippen LogP contribution in [0.1, 0.15) is 61.0 Å². The number of rotatable bonds is 8. The number of carboxylic acids is 2. The molecule has 15 nitrogen and oxygen atoms in total. The third-order valence-electron chi connectivity index (χ3n) is 9.30. The van der Waals surface area contributed by atoms with Crippen LogP contribution in [0.5, 0.6) is 5.88 Å². The second kappa shape index (κ2) is 16.9. The van der Waals surface area contributed by atoms with Crippen LogP contribution in [-0.2, 0) is 21.3 Å². The molecule has 0 aromatic carbocycles. The molecule has 4 N–H and O–H groups in total. The highest BCUT2D eigenvalue weighted by Gasteiger charge is 2.48. The molecule has 2 aliphatic carbocycles. The van der Waals surface area contributed by atoms with Crippen LogP contribution >= 0.6 is 0 Å². The Balaban J connectivity index is 0.000000393. The van der Waals surface area contributed by atoms with E-state index in [1.54, 1.807) is 6.20 Å². The first-order chi connectivity index (χ1) is 27.1. The summed E-state index contributed by atoms with van der Waals surface area (Å²) in [4.78, 5) is 48.1.